The summed E-state index contributed by atoms with van der Waals surface area (Å²) in [5.41, 5.74) is 0.793. The Balaban J connectivity index is 2.25. The number of esters is 1. The van der Waals surface area contributed by atoms with Crippen LogP contribution in [0.25, 0.3) is 5.69 Å². The van der Waals surface area contributed by atoms with Gasteiger partial charge in [-0.05, 0) is 19.1 Å². The molecule has 0 bridgehead atoms. The summed E-state index contributed by atoms with van der Waals surface area (Å²) < 4.78 is 11.7. The van der Waals surface area contributed by atoms with Gasteiger partial charge in [-0.1, -0.05) is 18.2 Å². The Hall–Kier alpha value is -2.83. The van der Waals surface area contributed by atoms with E-state index in [0.29, 0.717) is 0 Å². The maximum atomic E-state index is 12.1. The molecule has 1 atom stereocenters. The van der Waals surface area contributed by atoms with Gasteiger partial charge < -0.3 is 14.8 Å². The third kappa shape index (κ3) is 3.25. The van der Waals surface area contributed by atoms with Crippen LogP contribution in [0, 0.1) is 0 Å². The number of aromatic nitrogens is 2. The van der Waals surface area contributed by atoms with Crippen LogP contribution in [0.3, 0.4) is 0 Å². The summed E-state index contributed by atoms with van der Waals surface area (Å²) in [6.45, 7) is 1.48. The molecule has 22 heavy (non-hydrogen) atoms. The predicted octanol–water partition coefficient (Wildman–Crippen LogP) is 1.17. The number of likely N-dealkylation sites (N-methyl/N-ethyl adjacent to an activating group) is 1. The molecule has 7 heteroatoms. The molecule has 0 spiro atoms. The van der Waals surface area contributed by atoms with Crippen LogP contribution in [0.5, 0.6) is 5.75 Å². The van der Waals surface area contributed by atoms with E-state index < -0.39 is 18.0 Å². The lowest BCUT2D eigenvalue weighted by atomic mass is 10.3. The molecule has 1 amide bonds. The van der Waals surface area contributed by atoms with Crippen molar-refractivity contribution in [2.75, 3.05) is 14.2 Å². The van der Waals surface area contributed by atoms with Crippen LogP contribution in [0.1, 0.15) is 17.4 Å². The summed E-state index contributed by atoms with van der Waals surface area (Å²) >= 11 is 0. The monoisotopic (exact) mass is 303 g/mol. The van der Waals surface area contributed by atoms with Gasteiger partial charge in [0.05, 0.1) is 19.0 Å². The summed E-state index contributed by atoms with van der Waals surface area (Å²) in [5, 5.41) is 6.58. The minimum Gasteiger partial charge on any atom is -0.493 e. The van der Waals surface area contributed by atoms with Crippen molar-refractivity contribution < 1.29 is 19.1 Å². The summed E-state index contributed by atoms with van der Waals surface area (Å²) in [6, 6.07) is 9.28. The molecule has 1 N–H and O–H groups in total. The maximum Gasteiger partial charge on any atom is 0.363 e. The van der Waals surface area contributed by atoms with Gasteiger partial charge in [0.1, 0.15) is 0 Å². The highest BCUT2D eigenvalue weighted by Gasteiger charge is 2.24. The molecule has 0 saturated carbocycles. The van der Waals surface area contributed by atoms with E-state index in [0.717, 1.165) is 5.69 Å². The molecule has 2 rings (SSSR count). The van der Waals surface area contributed by atoms with Gasteiger partial charge in [-0.2, -0.15) is 5.10 Å². The van der Waals surface area contributed by atoms with E-state index in [9.17, 15) is 9.59 Å². The topological polar surface area (TPSA) is 82.5 Å². The Labute approximate surface area is 127 Å². The SMILES string of the molecule is CNC(=O)C(C)OC(=O)c1nn(-c2ccccc2)cc1OC. The molecular formula is C15H17N3O4. The number of amides is 1. The second-order valence-electron chi connectivity index (χ2n) is 4.49. The van der Waals surface area contributed by atoms with E-state index >= 15 is 0 Å². The molecular weight excluding hydrogens is 286 g/mol. The van der Waals surface area contributed by atoms with E-state index in [4.69, 9.17) is 9.47 Å². The van der Waals surface area contributed by atoms with E-state index in [2.05, 4.69) is 10.4 Å². The van der Waals surface area contributed by atoms with Gasteiger partial charge in [-0.3, -0.25) is 4.79 Å². The fraction of sp³-hybridized carbons (Fsp3) is 0.267. The number of carbonyl (C=O) groups is 2. The molecule has 0 aliphatic heterocycles. The summed E-state index contributed by atoms with van der Waals surface area (Å²) in [4.78, 5) is 23.6. The predicted molar refractivity (Wildman–Crippen MR) is 79.1 cm³/mol. The second-order valence-corrected chi connectivity index (χ2v) is 4.49. The molecule has 116 valence electrons. The van der Waals surface area contributed by atoms with Crippen LogP contribution in [0.15, 0.2) is 36.5 Å². The van der Waals surface area contributed by atoms with Crippen LogP contribution in [0.2, 0.25) is 0 Å². The molecule has 2 aromatic rings. The Morgan fingerprint density at radius 3 is 2.55 bits per heavy atom. The minimum absolute atomic E-state index is 0.0158. The van der Waals surface area contributed by atoms with Crippen LogP contribution in [-0.2, 0) is 9.53 Å². The zero-order valence-corrected chi connectivity index (χ0v) is 12.6. The molecule has 1 heterocycles. The summed E-state index contributed by atoms with van der Waals surface area (Å²) in [6.07, 6.45) is 0.667. The number of para-hydroxylation sites is 1. The van der Waals surface area contributed by atoms with Crippen LogP contribution in [0.4, 0.5) is 0 Å². The number of benzene rings is 1. The normalized spacial score (nSPS) is 11.6. The van der Waals surface area contributed by atoms with Crippen molar-refractivity contribution >= 4 is 11.9 Å². The van der Waals surface area contributed by atoms with Crippen LogP contribution >= 0.6 is 0 Å². The van der Waals surface area contributed by atoms with Crippen molar-refractivity contribution in [2.24, 2.45) is 0 Å². The highest BCUT2D eigenvalue weighted by Crippen LogP contribution is 2.20. The molecule has 0 saturated heterocycles. The van der Waals surface area contributed by atoms with Crippen LogP contribution < -0.4 is 10.1 Å². The fourth-order valence-corrected chi connectivity index (χ4v) is 1.84. The standard InChI is InChI=1S/C15H17N3O4/c1-10(14(19)16-2)22-15(20)13-12(21-3)9-18(17-13)11-7-5-4-6-8-11/h4-10H,1-3H3,(H,16,19). The first kappa shape index (κ1) is 15.6. The summed E-state index contributed by atoms with van der Waals surface area (Å²) in [7, 11) is 2.91. The van der Waals surface area contributed by atoms with Gasteiger partial charge in [0.15, 0.2) is 11.9 Å². The van der Waals surface area contributed by atoms with E-state index in [1.165, 1.54) is 25.8 Å². The number of nitrogens with one attached hydrogen (secondary N) is 1. The number of rotatable bonds is 5. The smallest absolute Gasteiger partial charge is 0.363 e. The fourth-order valence-electron chi connectivity index (χ4n) is 1.84. The zero-order chi connectivity index (χ0) is 16.1. The molecule has 7 nitrogen and oxygen atoms in total. The van der Waals surface area contributed by atoms with Gasteiger partial charge in [-0.15, -0.1) is 0 Å². The highest BCUT2D eigenvalue weighted by molar-refractivity contribution is 5.92. The van der Waals surface area contributed by atoms with Crippen molar-refractivity contribution in [1.29, 1.82) is 0 Å². The number of hydrogen-bond acceptors (Lipinski definition) is 5. The average Bonchev–Trinajstić information content (AvgIpc) is 2.99. The zero-order valence-electron chi connectivity index (χ0n) is 12.6. The third-order valence-corrected chi connectivity index (χ3v) is 3.01. The Bertz CT molecular complexity index is 667. The van der Waals surface area contributed by atoms with E-state index in [1.54, 1.807) is 6.20 Å². The largest absolute Gasteiger partial charge is 0.493 e. The molecule has 1 aromatic carbocycles. The third-order valence-electron chi connectivity index (χ3n) is 3.01. The van der Waals surface area contributed by atoms with Gasteiger partial charge in [0.2, 0.25) is 5.69 Å². The first-order valence-corrected chi connectivity index (χ1v) is 6.68. The Morgan fingerprint density at radius 1 is 1.27 bits per heavy atom. The maximum absolute atomic E-state index is 12.1. The number of carbonyl (C=O) groups excluding carboxylic acids is 2. The second kappa shape index (κ2) is 6.75. The quantitative estimate of drug-likeness (QED) is 0.839. The lowest BCUT2D eigenvalue weighted by Gasteiger charge is -2.10. The van der Waals surface area contributed by atoms with Crippen molar-refractivity contribution in [1.82, 2.24) is 15.1 Å². The van der Waals surface area contributed by atoms with E-state index in [1.807, 2.05) is 30.3 Å². The first-order chi connectivity index (χ1) is 10.6. The molecule has 1 aromatic heterocycles. The number of methoxy groups -OCH3 is 1. The number of hydrogen-bond donors (Lipinski definition) is 1. The lowest BCUT2D eigenvalue weighted by molar-refractivity contribution is -0.128. The molecule has 1 unspecified atom stereocenters. The molecule has 0 radical (unpaired) electrons. The van der Waals surface area contributed by atoms with Crippen molar-refractivity contribution in [3.63, 3.8) is 0 Å². The molecule has 0 aliphatic carbocycles. The van der Waals surface area contributed by atoms with Gasteiger partial charge >= 0.3 is 5.97 Å². The van der Waals surface area contributed by atoms with Gasteiger partial charge in [-0.25, -0.2) is 9.48 Å². The highest BCUT2D eigenvalue weighted by atomic mass is 16.5. The summed E-state index contributed by atoms with van der Waals surface area (Å²) in [5.74, 6) is -0.838. The van der Waals surface area contributed by atoms with Gasteiger partial charge in [0, 0.05) is 7.05 Å². The molecule has 0 aliphatic rings. The van der Waals surface area contributed by atoms with Crippen molar-refractivity contribution in [3.8, 4) is 11.4 Å². The van der Waals surface area contributed by atoms with Crippen LogP contribution in [-0.4, -0.2) is 41.9 Å². The number of ether oxygens (including phenoxy) is 2. The Morgan fingerprint density at radius 2 is 1.95 bits per heavy atom. The van der Waals surface area contributed by atoms with Crippen molar-refractivity contribution in [3.05, 3.63) is 42.2 Å². The molecule has 0 fully saturated rings. The first-order valence-electron chi connectivity index (χ1n) is 6.68. The lowest BCUT2D eigenvalue weighted by Crippen LogP contribution is -2.33. The Kier molecular flexibility index (Phi) is 4.77. The van der Waals surface area contributed by atoms with E-state index in [-0.39, 0.29) is 11.4 Å². The number of nitrogens with zero attached hydrogens (tertiary/aromatic N) is 2. The van der Waals surface area contributed by atoms with Gasteiger partial charge in [0.25, 0.3) is 5.91 Å². The minimum atomic E-state index is -0.913. The average molecular weight is 303 g/mol. The van der Waals surface area contributed by atoms with Crippen molar-refractivity contribution in [2.45, 2.75) is 13.0 Å².